The second-order valence-electron chi connectivity index (χ2n) is 6.02. The molecule has 1 heterocycles. The summed E-state index contributed by atoms with van der Waals surface area (Å²) in [5.41, 5.74) is 1.68. The van der Waals surface area contributed by atoms with Crippen LogP contribution < -0.4 is 10.1 Å². The van der Waals surface area contributed by atoms with Crippen LogP contribution in [-0.2, 0) is 11.8 Å². The van der Waals surface area contributed by atoms with Crippen LogP contribution in [0.2, 0.25) is 10.0 Å². The molecule has 0 saturated heterocycles. The van der Waals surface area contributed by atoms with Crippen molar-refractivity contribution in [2.24, 2.45) is 7.05 Å². The average molecular weight is 404 g/mol. The number of halogens is 2. The highest BCUT2D eigenvalue weighted by molar-refractivity contribution is 6.35. The quantitative estimate of drug-likeness (QED) is 0.552. The summed E-state index contributed by atoms with van der Waals surface area (Å²) >= 11 is 11.9. The predicted octanol–water partition coefficient (Wildman–Crippen LogP) is 5.19. The van der Waals surface area contributed by atoms with E-state index in [4.69, 9.17) is 27.9 Å². The lowest BCUT2D eigenvalue weighted by molar-refractivity contribution is -0.116. The fourth-order valence-corrected chi connectivity index (χ4v) is 3.07. The number of amides is 1. The highest BCUT2D eigenvalue weighted by Gasteiger charge is 2.07. The maximum Gasteiger partial charge on any atom is 0.224 e. The van der Waals surface area contributed by atoms with E-state index in [0.29, 0.717) is 35.2 Å². The van der Waals surface area contributed by atoms with Gasteiger partial charge in [0.25, 0.3) is 0 Å². The summed E-state index contributed by atoms with van der Waals surface area (Å²) in [5.74, 6) is 1.33. The molecule has 0 radical (unpaired) electrons. The van der Waals surface area contributed by atoms with E-state index in [-0.39, 0.29) is 5.91 Å². The molecule has 0 bridgehead atoms. The van der Waals surface area contributed by atoms with Gasteiger partial charge >= 0.3 is 0 Å². The number of ether oxygens (including phenoxy) is 1. The number of carbonyl (C=O) groups excluding carboxylic acids is 1. The summed E-state index contributed by atoms with van der Waals surface area (Å²) in [7, 11) is 1.93. The third kappa shape index (κ3) is 5.25. The Labute approximate surface area is 167 Å². The van der Waals surface area contributed by atoms with Gasteiger partial charge in [0, 0.05) is 42.1 Å². The van der Waals surface area contributed by atoms with E-state index in [1.807, 2.05) is 42.1 Å². The fraction of sp³-hybridized carbons (Fsp3) is 0.200. The van der Waals surface area contributed by atoms with E-state index in [2.05, 4.69) is 10.3 Å². The summed E-state index contributed by atoms with van der Waals surface area (Å²) < 4.78 is 7.52. The molecule has 0 fully saturated rings. The van der Waals surface area contributed by atoms with Gasteiger partial charge in [-0.15, -0.1) is 0 Å². The number of hydrogen-bond acceptors (Lipinski definition) is 3. The van der Waals surface area contributed by atoms with Gasteiger partial charge in [0.1, 0.15) is 11.6 Å². The van der Waals surface area contributed by atoms with E-state index in [1.165, 1.54) is 0 Å². The van der Waals surface area contributed by atoms with Gasteiger partial charge in [-0.1, -0.05) is 35.3 Å². The molecule has 3 rings (SSSR count). The molecule has 0 atom stereocenters. The van der Waals surface area contributed by atoms with Crippen molar-refractivity contribution in [2.75, 3.05) is 11.9 Å². The first-order valence-electron chi connectivity index (χ1n) is 8.48. The zero-order chi connectivity index (χ0) is 19.2. The fourth-order valence-electron chi connectivity index (χ4n) is 2.61. The normalized spacial score (nSPS) is 10.6. The number of nitrogens with zero attached hydrogens (tertiary/aromatic N) is 2. The van der Waals surface area contributed by atoms with Gasteiger partial charge in [0.05, 0.1) is 11.6 Å². The van der Waals surface area contributed by atoms with Crippen LogP contribution in [-0.4, -0.2) is 22.1 Å². The minimum absolute atomic E-state index is 0.0715. The van der Waals surface area contributed by atoms with Crippen molar-refractivity contribution in [1.29, 1.82) is 0 Å². The molecule has 27 heavy (non-hydrogen) atoms. The molecule has 1 aromatic heterocycles. The summed E-state index contributed by atoms with van der Waals surface area (Å²) in [4.78, 5) is 16.5. The highest BCUT2D eigenvalue weighted by atomic mass is 35.5. The molecule has 1 N–H and O–H groups in total. The van der Waals surface area contributed by atoms with Crippen LogP contribution in [0, 0.1) is 0 Å². The second-order valence-corrected chi connectivity index (χ2v) is 6.86. The lowest BCUT2D eigenvalue weighted by Gasteiger charge is -2.09. The molecule has 1 amide bonds. The van der Waals surface area contributed by atoms with Gasteiger partial charge in [-0.3, -0.25) is 4.79 Å². The van der Waals surface area contributed by atoms with Crippen LogP contribution in [0.4, 0.5) is 5.69 Å². The number of aromatic nitrogens is 2. The van der Waals surface area contributed by atoms with Gasteiger partial charge < -0.3 is 14.6 Å². The number of aryl methyl sites for hydroxylation is 1. The number of hydrogen-bond donors (Lipinski definition) is 1. The van der Waals surface area contributed by atoms with Gasteiger partial charge in [0.15, 0.2) is 0 Å². The van der Waals surface area contributed by atoms with E-state index in [9.17, 15) is 4.79 Å². The lowest BCUT2D eigenvalue weighted by Crippen LogP contribution is -2.13. The highest BCUT2D eigenvalue weighted by Crippen LogP contribution is 2.27. The molecular formula is C20H19Cl2N3O2. The number of carbonyl (C=O) groups is 1. The average Bonchev–Trinajstić information content (AvgIpc) is 3.06. The Bertz CT molecular complexity index is 940. The molecule has 0 aliphatic rings. The maximum absolute atomic E-state index is 12.2. The molecular weight excluding hydrogens is 385 g/mol. The number of benzene rings is 2. The van der Waals surface area contributed by atoms with E-state index in [0.717, 1.165) is 17.1 Å². The smallest absolute Gasteiger partial charge is 0.224 e. The van der Waals surface area contributed by atoms with Crippen LogP contribution in [0.3, 0.4) is 0 Å². The number of nitrogens with one attached hydrogen (secondary N) is 1. The summed E-state index contributed by atoms with van der Waals surface area (Å²) in [6.07, 6.45) is 4.54. The van der Waals surface area contributed by atoms with Crippen LogP contribution in [0.1, 0.15) is 12.8 Å². The molecule has 2 aromatic carbocycles. The van der Waals surface area contributed by atoms with Crippen LogP contribution in [0.25, 0.3) is 11.4 Å². The Balaban J connectivity index is 1.49. The molecule has 0 spiro atoms. The van der Waals surface area contributed by atoms with Crippen LogP contribution in [0.5, 0.6) is 5.75 Å². The topological polar surface area (TPSA) is 56.2 Å². The standard InChI is InChI=1S/C20H19Cl2N3O2/c1-25-10-9-23-20(25)14-4-2-5-16(12-14)24-19(26)6-3-11-27-18-8-7-15(21)13-17(18)22/h2,4-5,7-10,12-13H,3,6,11H2,1H3,(H,24,26). The minimum Gasteiger partial charge on any atom is -0.492 e. The van der Waals surface area contributed by atoms with Gasteiger partial charge in [0.2, 0.25) is 5.91 Å². The Hall–Kier alpha value is -2.50. The van der Waals surface area contributed by atoms with Crippen molar-refractivity contribution in [1.82, 2.24) is 9.55 Å². The van der Waals surface area contributed by atoms with Crippen molar-refractivity contribution >= 4 is 34.8 Å². The van der Waals surface area contributed by atoms with Crippen molar-refractivity contribution in [3.63, 3.8) is 0 Å². The third-order valence-electron chi connectivity index (χ3n) is 3.93. The molecule has 7 heteroatoms. The molecule has 0 aliphatic carbocycles. The predicted molar refractivity (Wildman–Crippen MR) is 108 cm³/mol. The largest absolute Gasteiger partial charge is 0.492 e. The zero-order valence-corrected chi connectivity index (χ0v) is 16.3. The summed E-state index contributed by atoms with van der Waals surface area (Å²) in [6, 6.07) is 12.7. The van der Waals surface area contributed by atoms with Crippen molar-refractivity contribution < 1.29 is 9.53 Å². The van der Waals surface area contributed by atoms with Gasteiger partial charge in [-0.25, -0.2) is 4.98 Å². The minimum atomic E-state index is -0.0715. The Morgan fingerprint density at radius 1 is 1.22 bits per heavy atom. The Morgan fingerprint density at radius 3 is 2.81 bits per heavy atom. The molecule has 0 saturated carbocycles. The monoisotopic (exact) mass is 403 g/mol. The molecule has 0 unspecified atom stereocenters. The third-order valence-corrected chi connectivity index (χ3v) is 4.46. The van der Waals surface area contributed by atoms with E-state index in [1.54, 1.807) is 24.4 Å². The second kappa shape index (κ2) is 8.93. The number of rotatable bonds is 7. The van der Waals surface area contributed by atoms with Crippen molar-refractivity contribution in [2.45, 2.75) is 12.8 Å². The lowest BCUT2D eigenvalue weighted by atomic mass is 10.2. The zero-order valence-electron chi connectivity index (χ0n) is 14.8. The maximum atomic E-state index is 12.2. The number of anilines is 1. The summed E-state index contributed by atoms with van der Waals surface area (Å²) in [5, 5.41) is 3.92. The SMILES string of the molecule is Cn1ccnc1-c1cccc(NC(=O)CCCOc2ccc(Cl)cc2Cl)c1. The van der Waals surface area contributed by atoms with E-state index < -0.39 is 0 Å². The first kappa shape index (κ1) is 19.3. The number of imidazole rings is 1. The van der Waals surface area contributed by atoms with Crippen LogP contribution >= 0.6 is 23.2 Å². The first-order chi connectivity index (χ1) is 13.0. The molecule has 140 valence electrons. The van der Waals surface area contributed by atoms with Crippen molar-refractivity contribution in [3.8, 4) is 17.1 Å². The Morgan fingerprint density at radius 2 is 2.07 bits per heavy atom. The molecule has 3 aromatic rings. The van der Waals surface area contributed by atoms with E-state index >= 15 is 0 Å². The van der Waals surface area contributed by atoms with Crippen molar-refractivity contribution in [3.05, 3.63) is 64.9 Å². The van der Waals surface area contributed by atoms with Gasteiger partial charge in [-0.05, 0) is 36.8 Å². The van der Waals surface area contributed by atoms with Crippen LogP contribution in [0.15, 0.2) is 54.9 Å². The van der Waals surface area contributed by atoms with Gasteiger partial charge in [-0.2, -0.15) is 0 Å². The first-order valence-corrected chi connectivity index (χ1v) is 9.24. The summed E-state index contributed by atoms with van der Waals surface area (Å²) in [6.45, 7) is 0.391. The Kier molecular flexibility index (Phi) is 6.37. The molecule has 0 aliphatic heterocycles. The molecule has 5 nitrogen and oxygen atoms in total.